The van der Waals surface area contributed by atoms with Crippen LogP contribution in [0.1, 0.15) is 25.2 Å². The number of hydrogen-bond acceptors (Lipinski definition) is 7. The Balaban J connectivity index is 1.29. The van der Waals surface area contributed by atoms with Gasteiger partial charge in [-0.05, 0) is 0 Å². The van der Waals surface area contributed by atoms with Gasteiger partial charge in [0.15, 0.2) is 0 Å². The monoisotopic (exact) mass is 553 g/mol. The van der Waals surface area contributed by atoms with Gasteiger partial charge < -0.3 is 0 Å². The van der Waals surface area contributed by atoms with Crippen LogP contribution in [0.15, 0.2) is 72.6 Å². The Hall–Kier alpha value is -2.19. The predicted octanol–water partition coefficient (Wildman–Crippen LogP) is 7.48. The van der Waals surface area contributed by atoms with E-state index in [0.29, 0.717) is 16.7 Å². The fourth-order valence-electron chi connectivity index (χ4n) is 4.10. The zero-order valence-corrected chi connectivity index (χ0v) is 21.1. The van der Waals surface area contributed by atoms with Crippen LogP contribution in [0.2, 0.25) is 0 Å². The number of thiophene rings is 3. The standard InChI is InChI=1S/C24H11NO2S4Se/c26-21-14-9-12-3-6-28-19(12)11-15(14)22(27)16(21)10-13-1-2-20(32-13)25-17-4-7-29-23(17)31-24-18(25)5-8-30-24/h1-11H/b16-10+. The normalized spacial score (nSPS) is 16.1. The Kier molecular flexibility index (Phi) is 4.31. The van der Waals surface area contributed by atoms with E-state index in [2.05, 4.69) is 39.9 Å². The molecule has 0 fully saturated rings. The number of carbonyl (C=O) groups is 2. The van der Waals surface area contributed by atoms with E-state index in [9.17, 15) is 9.59 Å². The zero-order valence-electron chi connectivity index (χ0n) is 16.2. The first-order valence-corrected chi connectivity index (χ1v) is 14.9. The van der Waals surface area contributed by atoms with Gasteiger partial charge in [-0.15, -0.1) is 0 Å². The number of rotatable bonds is 2. The van der Waals surface area contributed by atoms with Gasteiger partial charge in [-0.25, -0.2) is 0 Å². The van der Waals surface area contributed by atoms with Crippen LogP contribution in [-0.2, 0) is 0 Å². The summed E-state index contributed by atoms with van der Waals surface area (Å²) in [5.41, 5.74) is 3.81. The molecule has 1 aliphatic carbocycles. The summed E-state index contributed by atoms with van der Waals surface area (Å²) in [6.45, 7) is 0. The molecule has 8 heteroatoms. The molecule has 0 amide bonds. The van der Waals surface area contributed by atoms with Crippen molar-refractivity contribution in [3.05, 3.63) is 79.7 Å². The van der Waals surface area contributed by atoms with Gasteiger partial charge in [0.1, 0.15) is 0 Å². The SMILES string of the molecule is O=C1/C(=C\c2ccc(N3c4ccsc4Sc4sccc43)[se]2)C(=O)c2cc3sccc3cc21. The third-order valence-electron chi connectivity index (χ3n) is 5.58. The number of allylic oxidation sites excluding steroid dienone is 1. The van der Waals surface area contributed by atoms with Crippen molar-refractivity contribution in [3.63, 3.8) is 0 Å². The topological polar surface area (TPSA) is 37.4 Å². The summed E-state index contributed by atoms with van der Waals surface area (Å²) in [6, 6.07) is 14.3. The molecule has 1 aliphatic heterocycles. The molecule has 0 saturated carbocycles. The summed E-state index contributed by atoms with van der Waals surface area (Å²) >= 11 is 6.97. The molecule has 5 heterocycles. The van der Waals surface area contributed by atoms with Crippen molar-refractivity contribution in [1.82, 2.24) is 0 Å². The van der Waals surface area contributed by atoms with Gasteiger partial charge in [0.25, 0.3) is 0 Å². The number of Topliss-reactive ketones (excluding diaryl/α,β-unsaturated/α-hetero) is 2. The molecule has 0 bridgehead atoms. The van der Waals surface area contributed by atoms with E-state index < -0.39 is 0 Å². The van der Waals surface area contributed by atoms with Gasteiger partial charge in [0.05, 0.1) is 0 Å². The van der Waals surface area contributed by atoms with Crippen molar-refractivity contribution in [1.29, 1.82) is 0 Å². The summed E-state index contributed by atoms with van der Waals surface area (Å²) in [7, 11) is 0. The molecule has 1 aromatic carbocycles. The van der Waals surface area contributed by atoms with Crippen molar-refractivity contribution in [2.24, 2.45) is 0 Å². The Labute approximate surface area is 205 Å². The van der Waals surface area contributed by atoms with E-state index >= 15 is 0 Å². The van der Waals surface area contributed by atoms with Gasteiger partial charge in [0, 0.05) is 0 Å². The molecule has 5 aromatic rings. The third-order valence-corrected chi connectivity index (χ3v) is 11.8. The number of carbonyl (C=O) groups excluding carboxylic acids is 2. The molecule has 0 spiro atoms. The number of hydrogen-bond donors (Lipinski definition) is 0. The summed E-state index contributed by atoms with van der Waals surface area (Å²) in [5, 5.41) is 7.28. The fourth-order valence-corrected chi connectivity index (χ4v) is 10.2. The Morgan fingerprint density at radius 1 is 0.781 bits per heavy atom. The molecule has 0 atom stereocenters. The molecular formula is C24H11NO2S4Se. The summed E-state index contributed by atoms with van der Waals surface area (Å²) in [6.07, 6.45) is 1.82. The van der Waals surface area contributed by atoms with Crippen molar-refractivity contribution < 1.29 is 9.59 Å². The fraction of sp³-hybridized carbons (Fsp3) is 0. The number of fused-ring (bicyclic) bond motifs is 4. The van der Waals surface area contributed by atoms with E-state index in [1.165, 1.54) is 24.4 Å². The molecule has 3 nitrogen and oxygen atoms in total. The number of benzene rings is 1. The van der Waals surface area contributed by atoms with Crippen LogP contribution in [0.3, 0.4) is 0 Å². The number of ketones is 2. The summed E-state index contributed by atoms with van der Waals surface area (Å²) in [5.74, 6) is -0.307. The average molecular weight is 553 g/mol. The molecule has 0 unspecified atom stereocenters. The van der Waals surface area contributed by atoms with E-state index in [1.54, 1.807) is 34.0 Å². The van der Waals surface area contributed by atoms with Gasteiger partial charge >= 0.3 is 207 Å². The van der Waals surface area contributed by atoms with Gasteiger partial charge in [-0.2, -0.15) is 0 Å². The average Bonchev–Trinajstić information content (AvgIpc) is 3.60. The van der Waals surface area contributed by atoms with E-state index in [1.807, 2.05) is 41.4 Å². The number of anilines is 3. The summed E-state index contributed by atoms with van der Waals surface area (Å²) in [4.78, 5) is 28.5. The Bertz CT molecular complexity index is 1520. The molecule has 2 aliphatic rings. The summed E-state index contributed by atoms with van der Waals surface area (Å²) < 4.78 is 5.92. The van der Waals surface area contributed by atoms with Crippen LogP contribution in [0.4, 0.5) is 15.9 Å². The minimum atomic E-state index is -0.155. The molecule has 0 N–H and O–H groups in total. The van der Waals surface area contributed by atoms with E-state index in [0.717, 1.165) is 14.5 Å². The molecule has 4 aromatic heterocycles. The Morgan fingerprint density at radius 3 is 2.22 bits per heavy atom. The second-order valence-electron chi connectivity index (χ2n) is 7.37. The van der Waals surface area contributed by atoms with Crippen LogP contribution in [0.5, 0.6) is 0 Å². The first-order chi connectivity index (χ1) is 15.7. The van der Waals surface area contributed by atoms with Crippen molar-refractivity contribution >= 4 is 104 Å². The van der Waals surface area contributed by atoms with Gasteiger partial charge in [0.2, 0.25) is 0 Å². The molecule has 0 saturated heterocycles. The number of nitrogens with zero attached hydrogens (tertiary/aromatic N) is 1. The van der Waals surface area contributed by atoms with Crippen LogP contribution in [-0.4, -0.2) is 26.1 Å². The van der Waals surface area contributed by atoms with Gasteiger partial charge in [-0.1, -0.05) is 0 Å². The molecule has 32 heavy (non-hydrogen) atoms. The second-order valence-corrected chi connectivity index (χ2v) is 14.0. The van der Waals surface area contributed by atoms with E-state index in [-0.39, 0.29) is 26.1 Å². The maximum absolute atomic E-state index is 13.1. The first-order valence-electron chi connectivity index (χ1n) is 9.72. The molecule has 7 rings (SSSR count). The molecule has 154 valence electrons. The van der Waals surface area contributed by atoms with E-state index in [4.69, 9.17) is 0 Å². The first kappa shape index (κ1) is 19.3. The predicted molar refractivity (Wildman–Crippen MR) is 136 cm³/mol. The van der Waals surface area contributed by atoms with Crippen molar-refractivity contribution in [2.45, 2.75) is 8.42 Å². The van der Waals surface area contributed by atoms with Crippen molar-refractivity contribution in [3.8, 4) is 0 Å². The third kappa shape index (κ3) is 2.78. The van der Waals surface area contributed by atoms with Crippen LogP contribution >= 0.6 is 45.8 Å². The van der Waals surface area contributed by atoms with Crippen LogP contribution in [0.25, 0.3) is 16.2 Å². The van der Waals surface area contributed by atoms with Crippen molar-refractivity contribution in [2.75, 3.05) is 4.90 Å². The molecular weight excluding hydrogens is 541 g/mol. The quantitative estimate of drug-likeness (QED) is 0.127. The van der Waals surface area contributed by atoms with Crippen LogP contribution < -0.4 is 4.90 Å². The minimum absolute atomic E-state index is 0.00308. The Morgan fingerprint density at radius 2 is 1.47 bits per heavy atom. The molecule has 0 radical (unpaired) electrons. The van der Waals surface area contributed by atoms with Crippen LogP contribution in [0, 0.1) is 0 Å². The maximum atomic E-state index is 13.1. The zero-order chi connectivity index (χ0) is 21.4. The van der Waals surface area contributed by atoms with Gasteiger partial charge in [-0.3, -0.25) is 0 Å². The second kappa shape index (κ2) is 7.15.